The first-order valence-electron chi connectivity index (χ1n) is 6.99. The van der Waals surface area contributed by atoms with Gasteiger partial charge in [0, 0.05) is 35.7 Å². The quantitative estimate of drug-likeness (QED) is 0.812. The fourth-order valence-corrected chi connectivity index (χ4v) is 3.78. The number of rotatable bonds is 6. The summed E-state index contributed by atoms with van der Waals surface area (Å²) in [5, 5.41) is 9.64. The molecular weight excluding hydrogens is 278 g/mol. The summed E-state index contributed by atoms with van der Waals surface area (Å²) in [6.07, 6.45) is 3.22. The van der Waals surface area contributed by atoms with Crippen LogP contribution in [0.25, 0.3) is 0 Å². The maximum atomic E-state index is 8.83. The van der Waals surface area contributed by atoms with Gasteiger partial charge in [-0.05, 0) is 43.5 Å². The summed E-state index contributed by atoms with van der Waals surface area (Å²) < 4.78 is 0. The summed E-state index contributed by atoms with van der Waals surface area (Å²) in [5.74, 6) is 2.39. The first kappa shape index (κ1) is 15.2. The molecule has 0 spiro atoms. The lowest BCUT2D eigenvalue weighted by Gasteiger charge is -2.35. The van der Waals surface area contributed by atoms with Gasteiger partial charge in [-0.1, -0.05) is 23.7 Å². The SMILES string of the molecule is OCCCCCN1CCSCC1c1ccc(Cl)cc1. The van der Waals surface area contributed by atoms with Crippen LogP contribution < -0.4 is 0 Å². The van der Waals surface area contributed by atoms with E-state index in [2.05, 4.69) is 17.0 Å². The van der Waals surface area contributed by atoms with Crippen LogP contribution in [0.3, 0.4) is 0 Å². The van der Waals surface area contributed by atoms with Crippen molar-refractivity contribution in [3.05, 3.63) is 34.9 Å². The third-order valence-electron chi connectivity index (χ3n) is 3.60. The van der Waals surface area contributed by atoms with Crippen LogP contribution in [0, 0.1) is 0 Å². The van der Waals surface area contributed by atoms with E-state index in [4.69, 9.17) is 16.7 Å². The normalized spacial score (nSPS) is 20.6. The van der Waals surface area contributed by atoms with Crippen LogP contribution in [-0.2, 0) is 0 Å². The topological polar surface area (TPSA) is 23.5 Å². The second kappa shape index (κ2) is 8.15. The Bertz CT molecular complexity index is 371. The van der Waals surface area contributed by atoms with E-state index >= 15 is 0 Å². The highest BCUT2D eigenvalue weighted by Crippen LogP contribution is 2.30. The number of halogens is 1. The van der Waals surface area contributed by atoms with Crippen LogP contribution in [-0.4, -0.2) is 41.2 Å². The Morgan fingerprint density at radius 1 is 1.21 bits per heavy atom. The van der Waals surface area contributed by atoms with E-state index in [-0.39, 0.29) is 0 Å². The number of hydrogen-bond acceptors (Lipinski definition) is 3. The molecule has 1 aromatic carbocycles. The molecule has 1 saturated heterocycles. The fourth-order valence-electron chi connectivity index (χ4n) is 2.50. The highest BCUT2D eigenvalue weighted by atomic mass is 35.5. The molecule has 0 radical (unpaired) electrons. The molecule has 1 aromatic rings. The lowest BCUT2D eigenvalue weighted by atomic mass is 10.1. The highest BCUT2D eigenvalue weighted by molar-refractivity contribution is 7.99. The van der Waals surface area contributed by atoms with Crippen molar-refractivity contribution in [3.63, 3.8) is 0 Å². The maximum Gasteiger partial charge on any atom is 0.0438 e. The van der Waals surface area contributed by atoms with Gasteiger partial charge >= 0.3 is 0 Å². The van der Waals surface area contributed by atoms with Gasteiger partial charge in [-0.3, -0.25) is 4.90 Å². The average Bonchev–Trinajstić information content (AvgIpc) is 2.45. The van der Waals surface area contributed by atoms with Crippen LogP contribution in [0.2, 0.25) is 5.02 Å². The minimum atomic E-state index is 0.316. The summed E-state index contributed by atoms with van der Waals surface area (Å²) in [4.78, 5) is 2.58. The van der Waals surface area contributed by atoms with E-state index in [1.165, 1.54) is 23.5 Å². The molecule has 1 aliphatic rings. The van der Waals surface area contributed by atoms with Gasteiger partial charge in [0.15, 0.2) is 0 Å². The molecule has 4 heteroatoms. The molecule has 0 bridgehead atoms. The summed E-state index contributed by atoms with van der Waals surface area (Å²) in [6.45, 7) is 2.61. The number of thioether (sulfide) groups is 1. The predicted molar refractivity (Wildman–Crippen MR) is 84.0 cm³/mol. The largest absolute Gasteiger partial charge is 0.396 e. The molecule has 2 nitrogen and oxygen atoms in total. The highest BCUT2D eigenvalue weighted by Gasteiger charge is 2.23. The van der Waals surface area contributed by atoms with E-state index in [1.807, 2.05) is 23.9 Å². The maximum absolute atomic E-state index is 8.83. The smallest absolute Gasteiger partial charge is 0.0438 e. The van der Waals surface area contributed by atoms with Crippen molar-refractivity contribution in [1.82, 2.24) is 4.90 Å². The Balaban J connectivity index is 1.93. The number of benzene rings is 1. The number of aliphatic hydroxyl groups is 1. The summed E-state index contributed by atoms with van der Waals surface area (Å²) in [7, 11) is 0. The molecule has 106 valence electrons. The molecule has 1 atom stereocenters. The summed E-state index contributed by atoms with van der Waals surface area (Å²) in [5.41, 5.74) is 1.37. The molecule has 2 rings (SSSR count). The minimum absolute atomic E-state index is 0.316. The van der Waals surface area contributed by atoms with Gasteiger partial charge in [0.2, 0.25) is 0 Å². The Hall–Kier alpha value is -0.220. The van der Waals surface area contributed by atoms with Gasteiger partial charge in [0.05, 0.1) is 0 Å². The van der Waals surface area contributed by atoms with Crippen LogP contribution in [0.1, 0.15) is 30.9 Å². The fraction of sp³-hybridized carbons (Fsp3) is 0.600. The monoisotopic (exact) mass is 299 g/mol. The van der Waals surface area contributed by atoms with Crippen molar-refractivity contribution in [2.45, 2.75) is 25.3 Å². The molecule has 1 N–H and O–H groups in total. The Morgan fingerprint density at radius 3 is 2.74 bits per heavy atom. The van der Waals surface area contributed by atoms with Crippen molar-refractivity contribution in [3.8, 4) is 0 Å². The van der Waals surface area contributed by atoms with Gasteiger partial charge in [-0.15, -0.1) is 0 Å². The van der Waals surface area contributed by atoms with E-state index < -0.39 is 0 Å². The molecule has 0 aliphatic carbocycles. The van der Waals surface area contributed by atoms with Crippen LogP contribution in [0.15, 0.2) is 24.3 Å². The second-order valence-corrected chi connectivity index (χ2v) is 6.55. The van der Waals surface area contributed by atoms with Gasteiger partial charge in [-0.2, -0.15) is 11.8 Å². The summed E-state index contributed by atoms with van der Waals surface area (Å²) in [6, 6.07) is 8.80. The number of unbranched alkanes of at least 4 members (excludes halogenated alkanes) is 2. The predicted octanol–water partition coefficient (Wildman–Crippen LogP) is 3.59. The lowest BCUT2D eigenvalue weighted by molar-refractivity contribution is 0.211. The van der Waals surface area contributed by atoms with Crippen LogP contribution in [0.5, 0.6) is 0 Å². The molecule has 19 heavy (non-hydrogen) atoms. The van der Waals surface area contributed by atoms with E-state index in [9.17, 15) is 0 Å². The lowest BCUT2D eigenvalue weighted by Crippen LogP contribution is -2.36. The molecule has 1 fully saturated rings. The Morgan fingerprint density at radius 2 is 2.00 bits per heavy atom. The van der Waals surface area contributed by atoms with Crippen molar-refractivity contribution in [2.24, 2.45) is 0 Å². The number of nitrogens with zero attached hydrogens (tertiary/aromatic N) is 1. The molecule has 1 unspecified atom stereocenters. The Labute approximate surface area is 125 Å². The zero-order chi connectivity index (χ0) is 13.5. The second-order valence-electron chi connectivity index (χ2n) is 4.96. The standard InChI is InChI=1S/C15H22ClNOS/c16-14-6-4-13(5-7-14)15-12-19-11-9-17(15)8-2-1-3-10-18/h4-7,15,18H,1-3,8-12H2. The van der Waals surface area contributed by atoms with Gasteiger partial charge in [0.25, 0.3) is 0 Å². The van der Waals surface area contributed by atoms with Gasteiger partial charge < -0.3 is 5.11 Å². The van der Waals surface area contributed by atoms with Crippen LogP contribution >= 0.6 is 23.4 Å². The average molecular weight is 300 g/mol. The van der Waals surface area contributed by atoms with E-state index in [1.54, 1.807) is 0 Å². The molecule has 0 saturated carbocycles. The van der Waals surface area contributed by atoms with E-state index in [0.717, 1.165) is 31.0 Å². The Kier molecular flexibility index (Phi) is 6.51. The first-order valence-corrected chi connectivity index (χ1v) is 8.52. The molecular formula is C15H22ClNOS. The first-order chi connectivity index (χ1) is 9.31. The zero-order valence-electron chi connectivity index (χ0n) is 11.2. The van der Waals surface area contributed by atoms with Gasteiger partial charge in [0.1, 0.15) is 0 Å². The van der Waals surface area contributed by atoms with Crippen LogP contribution in [0.4, 0.5) is 0 Å². The molecule has 0 amide bonds. The third-order valence-corrected chi connectivity index (χ3v) is 4.87. The third kappa shape index (κ3) is 4.67. The van der Waals surface area contributed by atoms with Crippen molar-refractivity contribution >= 4 is 23.4 Å². The van der Waals surface area contributed by atoms with Crippen molar-refractivity contribution in [2.75, 3.05) is 31.2 Å². The van der Waals surface area contributed by atoms with Crippen molar-refractivity contribution < 1.29 is 5.11 Å². The number of hydrogen-bond donors (Lipinski definition) is 1. The minimum Gasteiger partial charge on any atom is -0.396 e. The number of aliphatic hydroxyl groups excluding tert-OH is 1. The van der Waals surface area contributed by atoms with Gasteiger partial charge in [-0.25, -0.2) is 0 Å². The molecule has 1 heterocycles. The molecule has 1 aliphatic heterocycles. The van der Waals surface area contributed by atoms with Crippen molar-refractivity contribution in [1.29, 1.82) is 0 Å². The summed E-state index contributed by atoms with van der Waals surface area (Å²) >= 11 is 8.00. The molecule has 0 aromatic heterocycles. The van der Waals surface area contributed by atoms with E-state index in [0.29, 0.717) is 12.6 Å². The zero-order valence-corrected chi connectivity index (χ0v) is 12.8.